The summed E-state index contributed by atoms with van der Waals surface area (Å²) in [4.78, 5) is 10.2. The van der Waals surface area contributed by atoms with Gasteiger partial charge in [-0.25, -0.2) is 4.98 Å². The maximum atomic E-state index is 7.24. The van der Waals surface area contributed by atoms with Gasteiger partial charge in [0, 0.05) is 51.3 Å². The number of anilines is 4. The van der Waals surface area contributed by atoms with Crippen molar-refractivity contribution in [1.82, 2.24) is 9.55 Å². The van der Waals surface area contributed by atoms with Crippen LogP contribution in [0.3, 0.4) is 0 Å². The fourth-order valence-electron chi connectivity index (χ4n) is 11.7. The van der Waals surface area contributed by atoms with Crippen molar-refractivity contribution >= 4 is 44.6 Å². The van der Waals surface area contributed by atoms with Gasteiger partial charge < -0.3 is 14.5 Å². The quantitative estimate of drug-likeness (QED) is 0.144. The molecule has 0 saturated carbocycles. The predicted octanol–water partition coefficient (Wildman–Crippen LogP) is 20.4. The third-order valence-corrected chi connectivity index (χ3v) is 17.0. The molecule has 0 amide bonds. The molecule has 7 aromatic carbocycles. The van der Waals surface area contributed by atoms with E-state index in [0.717, 1.165) is 39.4 Å². The Morgan fingerprint density at radius 1 is 0.354 bits per heavy atom. The van der Waals surface area contributed by atoms with E-state index >= 15 is 0 Å². The van der Waals surface area contributed by atoms with Gasteiger partial charge >= 0.3 is 0 Å². The number of ether oxygens (including phenoxy) is 1. The number of hydrogen-bond acceptors (Lipinski definition) is 4. The van der Waals surface area contributed by atoms with Crippen molar-refractivity contribution in [2.24, 2.45) is 0 Å². The molecule has 10 rings (SSSR count). The van der Waals surface area contributed by atoms with E-state index in [1.54, 1.807) is 0 Å². The highest BCUT2D eigenvalue weighted by atomic mass is 16.5. The van der Waals surface area contributed by atoms with Gasteiger partial charge in [-0.1, -0.05) is 210 Å². The largest absolute Gasteiger partial charge is 0.457 e. The van der Waals surface area contributed by atoms with Crippen LogP contribution in [0.2, 0.25) is 0 Å². The van der Waals surface area contributed by atoms with Crippen LogP contribution in [0.25, 0.3) is 27.6 Å². The Hall–Kier alpha value is -7.11. The van der Waals surface area contributed by atoms with Crippen molar-refractivity contribution in [3.05, 3.63) is 214 Å². The summed E-state index contributed by atoms with van der Waals surface area (Å²) < 4.78 is 9.59. The fourth-order valence-corrected chi connectivity index (χ4v) is 11.7. The van der Waals surface area contributed by atoms with Crippen LogP contribution in [0, 0.1) is 0 Å². The highest BCUT2D eigenvalue weighted by molar-refractivity contribution is 6.10. The first kappa shape index (κ1) is 55.2. The number of rotatable bonds is 9. The molecule has 5 nitrogen and oxygen atoms in total. The van der Waals surface area contributed by atoms with E-state index in [1.165, 1.54) is 72.5 Å². The maximum Gasteiger partial charge on any atom is 0.137 e. The lowest BCUT2D eigenvalue weighted by Crippen LogP contribution is -2.26. The van der Waals surface area contributed by atoms with Gasteiger partial charge in [-0.3, -0.25) is 4.57 Å². The van der Waals surface area contributed by atoms with E-state index in [0.29, 0.717) is 6.67 Å². The highest BCUT2D eigenvalue weighted by Crippen LogP contribution is 2.52. The van der Waals surface area contributed by atoms with Crippen LogP contribution in [0.4, 0.5) is 22.7 Å². The third-order valence-electron chi connectivity index (χ3n) is 17.0. The fraction of sp³-hybridized carbons (Fsp3) is 0.365. The minimum atomic E-state index is -0.230. The van der Waals surface area contributed by atoms with Crippen molar-refractivity contribution in [1.29, 1.82) is 0 Å². The number of benzene rings is 7. The van der Waals surface area contributed by atoms with E-state index < -0.39 is 0 Å². The van der Waals surface area contributed by atoms with Crippen LogP contribution >= 0.6 is 0 Å². The third kappa shape index (κ3) is 10.5. The molecule has 9 aromatic rings. The Morgan fingerprint density at radius 3 is 1.34 bits per heavy atom. The Morgan fingerprint density at radius 2 is 0.823 bits per heavy atom. The standard InChI is InChI=1S/C74H86N4O/c1-68(2,3)50-34-35-75-67(42-50)78-63-41-51(73(16,17)48-26-22-20-23-27-48)30-32-59(63)60-33-31-57(44-64(60)78)79-58-40-53(70(7,8)9)38-56(43-58)77-47-76(65-45-61(71(10,11)12)62(46-66(65)77)72(13,14)15)55-37-52(69(4,5)6)36-54(39-55)74(18,19)49-28-24-21-25-29-49/h20-46H,47H2,1-19H3. The number of pyridine rings is 1. The van der Waals surface area contributed by atoms with Crippen molar-refractivity contribution in [2.45, 2.75) is 169 Å². The van der Waals surface area contributed by atoms with Crippen LogP contribution in [-0.2, 0) is 37.9 Å². The summed E-state index contributed by atoms with van der Waals surface area (Å²) in [5.41, 5.74) is 17.6. The lowest BCUT2D eigenvalue weighted by molar-refractivity contribution is 0.479. The minimum absolute atomic E-state index is 0.0598. The van der Waals surface area contributed by atoms with E-state index in [1.807, 2.05) is 6.20 Å². The molecule has 0 saturated heterocycles. The molecule has 0 N–H and O–H groups in total. The first-order valence-electron chi connectivity index (χ1n) is 28.7. The monoisotopic (exact) mass is 1050 g/mol. The van der Waals surface area contributed by atoms with Gasteiger partial charge in [0.25, 0.3) is 0 Å². The van der Waals surface area contributed by atoms with Crippen molar-refractivity contribution in [2.75, 3.05) is 16.5 Å². The van der Waals surface area contributed by atoms with Gasteiger partial charge in [-0.05, 0) is 144 Å². The normalized spacial score (nSPS) is 13.9. The van der Waals surface area contributed by atoms with Gasteiger partial charge in [0.1, 0.15) is 24.0 Å². The number of fused-ring (bicyclic) bond motifs is 4. The molecule has 5 heteroatoms. The van der Waals surface area contributed by atoms with E-state index in [9.17, 15) is 0 Å². The SMILES string of the molecule is CC(C)(C)c1cc(Oc2ccc3c4ccc(C(C)(C)c5ccccc5)cc4n(-c4cc(C(C)(C)C)ccn4)c3c2)cc(N2CN(c3cc(C(C)(C)C)cc(C(C)(C)c4ccccc4)c3)c3cc(C(C)(C)C)c(C(C)(C)C)cc32)c1. The zero-order valence-electron chi connectivity index (χ0n) is 51.0. The van der Waals surface area contributed by atoms with Gasteiger partial charge in [0.2, 0.25) is 0 Å². The molecule has 408 valence electrons. The lowest BCUT2D eigenvalue weighted by Gasteiger charge is -2.33. The van der Waals surface area contributed by atoms with Gasteiger partial charge in [0.05, 0.1) is 22.4 Å². The Balaban J connectivity index is 1.14. The molecule has 0 radical (unpaired) electrons. The molecule has 0 bridgehead atoms. The van der Waals surface area contributed by atoms with Crippen LogP contribution < -0.4 is 14.5 Å². The molecule has 1 aliphatic heterocycles. The molecule has 0 aliphatic carbocycles. The summed E-state index contributed by atoms with van der Waals surface area (Å²) in [5.74, 6) is 2.46. The van der Waals surface area contributed by atoms with Gasteiger partial charge in [-0.2, -0.15) is 0 Å². The van der Waals surface area contributed by atoms with Crippen molar-refractivity contribution in [3.8, 4) is 17.3 Å². The first-order valence-corrected chi connectivity index (χ1v) is 28.7. The topological polar surface area (TPSA) is 33.5 Å². The zero-order chi connectivity index (χ0) is 57.0. The molecular weight excluding hydrogens is 961 g/mol. The number of nitrogens with zero attached hydrogens (tertiary/aromatic N) is 4. The zero-order valence-corrected chi connectivity index (χ0v) is 51.0. The molecule has 0 atom stereocenters. The minimum Gasteiger partial charge on any atom is -0.457 e. The summed E-state index contributed by atoms with van der Waals surface area (Å²) >= 11 is 0. The van der Waals surface area contributed by atoms with Crippen LogP contribution in [0.5, 0.6) is 11.5 Å². The first-order chi connectivity index (χ1) is 36.8. The second-order valence-corrected chi connectivity index (χ2v) is 28.9. The Bertz CT molecular complexity index is 3750. The second-order valence-electron chi connectivity index (χ2n) is 28.9. The lowest BCUT2D eigenvalue weighted by atomic mass is 9.74. The summed E-state index contributed by atoms with van der Waals surface area (Å²) in [6.07, 6.45) is 1.96. The molecule has 3 heterocycles. The average Bonchev–Trinajstić information content (AvgIpc) is 4.16. The molecule has 0 unspecified atom stereocenters. The summed E-state index contributed by atoms with van der Waals surface area (Å²) in [6.45, 7) is 44.9. The van der Waals surface area contributed by atoms with E-state index in [2.05, 4.69) is 304 Å². The Labute approximate surface area is 473 Å². The van der Waals surface area contributed by atoms with Crippen molar-refractivity contribution in [3.63, 3.8) is 0 Å². The number of aromatic nitrogens is 2. The molecule has 1 aliphatic rings. The Kier molecular flexibility index (Phi) is 13.5. The maximum absolute atomic E-state index is 7.24. The molecular formula is C74H86N4O. The van der Waals surface area contributed by atoms with Gasteiger partial charge in [-0.15, -0.1) is 0 Å². The van der Waals surface area contributed by atoms with Crippen LogP contribution in [-0.4, -0.2) is 16.2 Å². The summed E-state index contributed by atoms with van der Waals surface area (Å²) in [5, 5.41) is 2.34. The molecule has 0 fully saturated rings. The van der Waals surface area contributed by atoms with E-state index in [4.69, 9.17) is 9.72 Å². The average molecular weight is 1050 g/mol. The van der Waals surface area contributed by atoms with E-state index in [-0.39, 0.29) is 37.9 Å². The molecule has 0 spiro atoms. The molecule has 2 aromatic heterocycles. The van der Waals surface area contributed by atoms with Gasteiger partial charge in [0.15, 0.2) is 0 Å². The van der Waals surface area contributed by atoms with Crippen molar-refractivity contribution < 1.29 is 4.74 Å². The second kappa shape index (κ2) is 19.3. The highest BCUT2D eigenvalue weighted by Gasteiger charge is 2.37. The van der Waals surface area contributed by atoms with Crippen LogP contribution in [0.15, 0.2) is 164 Å². The molecule has 79 heavy (non-hydrogen) atoms. The van der Waals surface area contributed by atoms with Crippen LogP contribution in [0.1, 0.15) is 182 Å². The summed E-state index contributed by atoms with van der Waals surface area (Å²) in [6, 6.07) is 59.1. The smallest absolute Gasteiger partial charge is 0.137 e. The summed E-state index contributed by atoms with van der Waals surface area (Å²) in [7, 11) is 0. The predicted molar refractivity (Wildman–Crippen MR) is 338 cm³/mol. The number of hydrogen-bond donors (Lipinski definition) is 0.